The minimum Gasteiger partial charge on any atom is -0.478 e. The highest BCUT2D eigenvalue weighted by molar-refractivity contribution is 7.08. The number of carbonyl (C=O) groups is 1. The molecular formula is C12H10O3S. The molecule has 0 saturated carbocycles. The molecule has 1 atom stereocenters. The van der Waals surface area contributed by atoms with Gasteiger partial charge in [0.15, 0.2) is 0 Å². The lowest BCUT2D eigenvalue weighted by Gasteiger charge is -2.10. The molecule has 1 heterocycles. The Morgan fingerprint density at radius 1 is 1.19 bits per heavy atom. The highest BCUT2D eigenvalue weighted by atomic mass is 32.1. The number of carboxylic acids is 1. The van der Waals surface area contributed by atoms with E-state index in [0.29, 0.717) is 11.1 Å². The molecule has 4 heteroatoms. The SMILES string of the molecule is O=C(O)c1cscc1C(O)c1ccccc1. The number of aliphatic hydroxyl groups excluding tert-OH is 1. The molecule has 1 aromatic carbocycles. The third-order valence-corrected chi connectivity index (χ3v) is 3.09. The minimum atomic E-state index is -1.01. The first kappa shape index (κ1) is 10.9. The molecule has 2 rings (SSSR count). The summed E-state index contributed by atoms with van der Waals surface area (Å²) >= 11 is 1.28. The first-order chi connectivity index (χ1) is 7.70. The van der Waals surface area contributed by atoms with Crippen LogP contribution in [0.2, 0.25) is 0 Å². The average Bonchev–Trinajstić information content (AvgIpc) is 2.78. The van der Waals surface area contributed by atoms with E-state index in [1.165, 1.54) is 16.7 Å². The largest absolute Gasteiger partial charge is 0.478 e. The minimum absolute atomic E-state index is 0.168. The summed E-state index contributed by atoms with van der Waals surface area (Å²) in [7, 11) is 0. The summed E-state index contributed by atoms with van der Waals surface area (Å²) in [5.74, 6) is -1.01. The number of carboxylic acid groups (broad SMARTS) is 1. The van der Waals surface area contributed by atoms with Crippen molar-refractivity contribution < 1.29 is 15.0 Å². The van der Waals surface area contributed by atoms with Crippen molar-refractivity contribution in [3.8, 4) is 0 Å². The first-order valence-electron chi connectivity index (χ1n) is 4.72. The Hall–Kier alpha value is -1.65. The van der Waals surface area contributed by atoms with Crippen LogP contribution in [0.5, 0.6) is 0 Å². The van der Waals surface area contributed by atoms with Gasteiger partial charge in [-0.25, -0.2) is 4.79 Å². The molecule has 0 spiro atoms. The molecule has 0 aliphatic carbocycles. The zero-order chi connectivity index (χ0) is 11.5. The average molecular weight is 234 g/mol. The molecule has 0 fully saturated rings. The van der Waals surface area contributed by atoms with Gasteiger partial charge in [0, 0.05) is 10.9 Å². The fourth-order valence-corrected chi connectivity index (χ4v) is 2.35. The normalized spacial score (nSPS) is 12.3. The van der Waals surface area contributed by atoms with Crippen LogP contribution in [0, 0.1) is 0 Å². The summed E-state index contributed by atoms with van der Waals surface area (Å²) in [5, 5.41) is 22.2. The summed E-state index contributed by atoms with van der Waals surface area (Å²) in [6, 6.07) is 9.01. The Bertz CT molecular complexity index is 490. The summed E-state index contributed by atoms with van der Waals surface area (Å²) in [6.07, 6.45) is -0.876. The van der Waals surface area contributed by atoms with Gasteiger partial charge in [-0.2, -0.15) is 11.3 Å². The van der Waals surface area contributed by atoms with Crippen LogP contribution in [0.25, 0.3) is 0 Å². The molecule has 3 nitrogen and oxygen atoms in total. The van der Waals surface area contributed by atoms with Gasteiger partial charge in [0.25, 0.3) is 0 Å². The second-order valence-electron chi connectivity index (χ2n) is 3.36. The fraction of sp³-hybridized carbons (Fsp3) is 0.0833. The van der Waals surface area contributed by atoms with Crippen molar-refractivity contribution in [2.75, 3.05) is 0 Å². The maximum absolute atomic E-state index is 10.9. The Morgan fingerprint density at radius 2 is 1.88 bits per heavy atom. The van der Waals surface area contributed by atoms with Gasteiger partial charge in [-0.3, -0.25) is 0 Å². The molecule has 0 bridgehead atoms. The van der Waals surface area contributed by atoms with Crippen LogP contribution in [-0.4, -0.2) is 16.2 Å². The number of thiophene rings is 1. The van der Waals surface area contributed by atoms with E-state index in [0.717, 1.165) is 0 Å². The Labute approximate surface area is 96.6 Å². The lowest BCUT2D eigenvalue weighted by molar-refractivity contribution is 0.0692. The van der Waals surface area contributed by atoms with Crippen molar-refractivity contribution in [1.29, 1.82) is 0 Å². The Kier molecular flexibility index (Phi) is 3.03. The number of aliphatic hydroxyl groups is 1. The van der Waals surface area contributed by atoms with Gasteiger partial charge in [-0.1, -0.05) is 30.3 Å². The second-order valence-corrected chi connectivity index (χ2v) is 4.10. The van der Waals surface area contributed by atoms with Gasteiger partial charge >= 0.3 is 5.97 Å². The lowest BCUT2D eigenvalue weighted by atomic mass is 10.0. The highest BCUT2D eigenvalue weighted by Gasteiger charge is 2.19. The van der Waals surface area contributed by atoms with Crippen LogP contribution >= 0.6 is 11.3 Å². The molecule has 0 aliphatic heterocycles. The van der Waals surface area contributed by atoms with Crippen LogP contribution in [0.4, 0.5) is 0 Å². The standard InChI is InChI=1S/C12H10O3S/c13-11(8-4-2-1-3-5-8)9-6-16-7-10(9)12(14)15/h1-7,11,13H,(H,14,15). The van der Waals surface area contributed by atoms with E-state index in [-0.39, 0.29) is 5.56 Å². The molecule has 82 valence electrons. The number of benzene rings is 1. The number of hydrogen-bond donors (Lipinski definition) is 2. The molecule has 0 aliphatic rings. The zero-order valence-corrected chi connectivity index (χ0v) is 9.15. The second kappa shape index (κ2) is 4.47. The molecular weight excluding hydrogens is 224 g/mol. The quantitative estimate of drug-likeness (QED) is 0.858. The third-order valence-electron chi connectivity index (χ3n) is 2.33. The highest BCUT2D eigenvalue weighted by Crippen LogP contribution is 2.27. The van der Waals surface area contributed by atoms with Crippen LogP contribution in [0.15, 0.2) is 41.1 Å². The van der Waals surface area contributed by atoms with Gasteiger partial charge in [0.1, 0.15) is 6.10 Å². The number of aromatic carboxylic acids is 1. The molecule has 1 unspecified atom stereocenters. The zero-order valence-electron chi connectivity index (χ0n) is 8.33. The Balaban J connectivity index is 2.38. The smallest absolute Gasteiger partial charge is 0.336 e. The van der Waals surface area contributed by atoms with E-state index < -0.39 is 12.1 Å². The topological polar surface area (TPSA) is 57.5 Å². The molecule has 2 aromatic rings. The number of hydrogen-bond acceptors (Lipinski definition) is 3. The van der Waals surface area contributed by atoms with E-state index in [2.05, 4.69) is 0 Å². The predicted molar refractivity (Wildman–Crippen MR) is 61.8 cm³/mol. The number of rotatable bonds is 3. The van der Waals surface area contributed by atoms with Gasteiger partial charge < -0.3 is 10.2 Å². The van der Waals surface area contributed by atoms with Crippen LogP contribution in [0.3, 0.4) is 0 Å². The van der Waals surface area contributed by atoms with Crippen LogP contribution < -0.4 is 0 Å². The van der Waals surface area contributed by atoms with Crippen molar-refractivity contribution in [2.24, 2.45) is 0 Å². The maximum Gasteiger partial charge on any atom is 0.336 e. The van der Waals surface area contributed by atoms with E-state index in [1.807, 2.05) is 18.2 Å². The maximum atomic E-state index is 10.9. The Morgan fingerprint density at radius 3 is 2.50 bits per heavy atom. The van der Waals surface area contributed by atoms with Gasteiger partial charge in [-0.15, -0.1) is 0 Å². The van der Waals surface area contributed by atoms with Gasteiger partial charge in [0.05, 0.1) is 5.56 Å². The fourth-order valence-electron chi connectivity index (χ4n) is 1.51. The van der Waals surface area contributed by atoms with Crippen molar-refractivity contribution in [3.63, 3.8) is 0 Å². The summed E-state index contributed by atoms with van der Waals surface area (Å²) in [4.78, 5) is 10.9. The molecule has 16 heavy (non-hydrogen) atoms. The van der Waals surface area contributed by atoms with Crippen molar-refractivity contribution in [1.82, 2.24) is 0 Å². The monoisotopic (exact) mass is 234 g/mol. The van der Waals surface area contributed by atoms with E-state index in [4.69, 9.17) is 5.11 Å². The summed E-state index contributed by atoms with van der Waals surface area (Å²) < 4.78 is 0. The molecule has 2 N–H and O–H groups in total. The van der Waals surface area contributed by atoms with Gasteiger partial charge in [0.2, 0.25) is 0 Å². The molecule has 0 saturated heterocycles. The van der Waals surface area contributed by atoms with E-state index >= 15 is 0 Å². The van der Waals surface area contributed by atoms with E-state index in [1.54, 1.807) is 17.5 Å². The van der Waals surface area contributed by atoms with E-state index in [9.17, 15) is 9.90 Å². The van der Waals surface area contributed by atoms with Gasteiger partial charge in [-0.05, 0) is 10.9 Å². The molecule has 0 radical (unpaired) electrons. The van der Waals surface area contributed by atoms with Crippen molar-refractivity contribution in [2.45, 2.75) is 6.10 Å². The van der Waals surface area contributed by atoms with Crippen molar-refractivity contribution in [3.05, 3.63) is 57.8 Å². The summed E-state index contributed by atoms with van der Waals surface area (Å²) in [6.45, 7) is 0. The van der Waals surface area contributed by atoms with Crippen LogP contribution in [0.1, 0.15) is 27.6 Å². The molecule has 0 amide bonds. The third kappa shape index (κ3) is 1.98. The lowest BCUT2D eigenvalue weighted by Crippen LogP contribution is -2.05. The van der Waals surface area contributed by atoms with Crippen LogP contribution in [-0.2, 0) is 0 Å². The predicted octanol–water partition coefficient (Wildman–Crippen LogP) is 2.53. The first-order valence-corrected chi connectivity index (χ1v) is 5.67. The van der Waals surface area contributed by atoms with Crippen molar-refractivity contribution >= 4 is 17.3 Å². The summed E-state index contributed by atoms with van der Waals surface area (Å²) in [5.41, 5.74) is 1.31. The molecule has 1 aromatic heterocycles.